The van der Waals surface area contributed by atoms with Crippen LogP contribution in [0, 0.1) is 0 Å². The summed E-state index contributed by atoms with van der Waals surface area (Å²) in [7, 11) is 0. The molecule has 0 aromatic heterocycles. The molecule has 0 bridgehead atoms. The fourth-order valence-electron chi connectivity index (χ4n) is 2.03. The van der Waals surface area contributed by atoms with E-state index >= 15 is 0 Å². The minimum atomic E-state index is -0.600. The quantitative estimate of drug-likeness (QED) is 0.766. The summed E-state index contributed by atoms with van der Waals surface area (Å²) in [6.45, 7) is 1.92. The zero-order valence-electron chi connectivity index (χ0n) is 10.3. The molecule has 1 aromatic carbocycles. The summed E-state index contributed by atoms with van der Waals surface area (Å²) in [5.41, 5.74) is 0.676. The van der Waals surface area contributed by atoms with Gasteiger partial charge in [-0.2, -0.15) is 0 Å². The third-order valence-electron chi connectivity index (χ3n) is 3.01. The van der Waals surface area contributed by atoms with Crippen molar-refractivity contribution in [1.82, 2.24) is 4.90 Å². The second-order valence-electron chi connectivity index (χ2n) is 4.39. The van der Waals surface area contributed by atoms with Crippen molar-refractivity contribution in [1.29, 1.82) is 0 Å². The molecule has 106 valence electrons. The molecule has 2 rings (SSSR count). The van der Waals surface area contributed by atoms with Crippen LogP contribution in [0.2, 0.25) is 10.0 Å². The summed E-state index contributed by atoms with van der Waals surface area (Å²) < 4.78 is 0. The van der Waals surface area contributed by atoms with Gasteiger partial charge in [0.2, 0.25) is 0 Å². The van der Waals surface area contributed by atoms with Crippen LogP contribution in [-0.4, -0.2) is 23.3 Å². The molecule has 0 spiro atoms. The normalized spacial score (nSPS) is 17.1. The maximum absolute atomic E-state index is 11.8. The number of rotatable bonds is 3. The van der Waals surface area contributed by atoms with E-state index in [1.165, 1.54) is 0 Å². The summed E-state index contributed by atoms with van der Waals surface area (Å²) >= 11 is 23.6. The Morgan fingerprint density at radius 1 is 1.00 bits per heavy atom. The number of hydrogen-bond acceptors (Lipinski definition) is 2. The number of amides is 2. The predicted octanol–water partition coefficient (Wildman–Crippen LogP) is 4.15. The zero-order valence-corrected chi connectivity index (χ0v) is 13.3. The number of halogens is 4. The number of imide groups is 1. The van der Waals surface area contributed by atoms with Crippen molar-refractivity contribution in [3.05, 3.63) is 43.9 Å². The van der Waals surface area contributed by atoms with Gasteiger partial charge in [0.25, 0.3) is 11.8 Å². The molecule has 1 heterocycles. The molecule has 1 aliphatic rings. The second-order valence-corrected chi connectivity index (χ2v) is 5.96. The SMILES string of the molecule is CC(CN1C(=O)C(Cl)=C(Cl)C1=O)c1c(Cl)cccc1Cl. The van der Waals surface area contributed by atoms with Crippen molar-refractivity contribution in [3.63, 3.8) is 0 Å². The highest BCUT2D eigenvalue weighted by atomic mass is 35.5. The lowest BCUT2D eigenvalue weighted by Gasteiger charge is -2.21. The van der Waals surface area contributed by atoms with E-state index in [0.717, 1.165) is 4.90 Å². The standard InChI is InChI=1S/C13H9Cl4NO2/c1-6(9-7(14)3-2-4-8(9)15)5-18-12(19)10(16)11(17)13(18)20/h2-4,6H,5H2,1H3. The molecule has 7 heteroatoms. The summed E-state index contributed by atoms with van der Waals surface area (Å²) in [6, 6.07) is 5.12. The minimum Gasteiger partial charge on any atom is -0.272 e. The monoisotopic (exact) mass is 351 g/mol. The van der Waals surface area contributed by atoms with Crippen LogP contribution < -0.4 is 0 Å². The van der Waals surface area contributed by atoms with E-state index in [1.54, 1.807) is 18.2 Å². The Kier molecular flexibility index (Phi) is 4.65. The number of carbonyl (C=O) groups is 2. The van der Waals surface area contributed by atoms with E-state index in [1.807, 2.05) is 6.92 Å². The van der Waals surface area contributed by atoms with Gasteiger partial charge >= 0.3 is 0 Å². The lowest BCUT2D eigenvalue weighted by Crippen LogP contribution is -2.34. The Morgan fingerprint density at radius 3 is 1.90 bits per heavy atom. The highest BCUT2D eigenvalue weighted by molar-refractivity contribution is 6.58. The van der Waals surface area contributed by atoms with E-state index in [0.29, 0.717) is 15.6 Å². The smallest absolute Gasteiger partial charge is 0.272 e. The molecule has 2 amide bonds. The van der Waals surface area contributed by atoms with Crippen molar-refractivity contribution in [2.24, 2.45) is 0 Å². The fraction of sp³-hybridized carbons (Fsp3) is 0.231. The third-order valence-corrected chi connectivity index (χ3v) is 4.46. The van der Waals surface area contributed by atoms with Gasteiger partial charge in [0.15, 0.2) is 0 Å². The van der Waals surface area contributed by atoms with E-state index in [4.69, 9.17) is 46.4 Å². The molecule has 1 aromatic rings. The third kappa shape index (κ3) is 2.68. The molecule has 0 fully saturated rings. The Morgan fingerprint density at radius 2 is 1.45 bits per heavy atom. The van der Waals surface area contributed by atoms with E-state index in [2.05, 4.69) is 0 Å². The van der Waals surface area contributed by atoms with Crippen LogP contribution in [0.4, 0.5) is 0 Å². The molecule has 0 radical (unpaired) electrons. The first-order valence-corrected chi connectivity index (χ1v) is 7.21. The highest BCUT2D eigenvalue weighted by Crippen LogP contribution is 2.34. The first-order valence-electron chi connectivity index (χ1n) is 5.70. The average Bonchev–Trinajstić information content (AvgIpc) is 2.56. The first kappa shape index (κ1) is 15.6. The summed E-state index contributed by atoms with van der Waals surface area (Å²) in [5.74, 6) is -1.44. The van der Waals surface area contributed by atoms with E-state index in [-0.39, 0.29) is 22.5 Å². The lowest BCUT2D eigenvalue weighted by atomic mass is 10.0. The van der Waals surface area contributed by atoms with Gasteiger partial charge in [-0.3, -0.25) is 14.5 Å². The molecule has 1 unspecified atom stereocenters. The molecule has 1 aliphatic heterocycles. The van der Waals surface area contributed by atoms with Crippen molar-refractivity contribution < 1.29 is 9.59 Å². The topological polar surface area (TPSA) is 37.4 Å². The zero-order chi connectivity index (χ0) is 15.0. The van der Waals surface area contributed by atoms with Gasteiger partial charge in [-0.05, 0) is 17.7 Å². The van der Waals surface area contributed by atoms with Gasteiger partial charge in [0, 0.05) is 22.5 Å². The van der Waals surface area contributed by atoms with Crippen molar-refractivity contribution in [2.75, 3.05) is 6.54 Å². The Hall–Kier alpha value is -0.740. The summed E-state index contributed by atoms with van der Waals surface area (Å²) in [5, 5.41) is 0.451. The second kappa shape index (κ2) is 5.94. The van der Waals surface area contributed by atoms with Crippen LogP contribution in [0.25, 0.3) is 0 Å². The molecule has 0 aliphatic carbocycles. The molecule has 0 saturated carbocycles. The molecule has 20 heavy (non-hydrogen) atoms. The van der Waals surface area contributed by atoms with Gasteiger partial charge in [-0.15, -0.1) is 0 Å². The van der Waals surface area contributed by atoms with Gasteiger partial charge in [-0.25, -0.2) is 0 Å². The van der Waals surface area contributed by atoms with E-state index < -0.39 is 11.8 Å². The van der Waals surface area contributed by atoms with Crippen LogP contribution >= 0.6 is 46.4 Å². The molecular formula is C13H9Cl4NO2. The maximum atomic E-state index is 11.8. The van der Waals surface area contributed by atoms with Crippen molar-refractivity contribution >= 4 is 58.2 Å². The predicted molar refractivity (Wildman–Crippen MR) is 80.3 cm³/mol. The van der Waals surface area contributed by atoms with Crippen LogP contribution in [-0.2, 0) is 9.59 Å². The number of nitrogens with zero attached hydrogens (tertiary/aromatic N) is 1. The molecule has 0 N–H and O–H groups in total. The minimum absolute atomic E-state index is 0.105. The highest BCUT2D eigenvalue weighted by Gasteiger charge is 2.37. The van der Waals surface area contributed by atoms with Crippen LogP contribution in [0.3, 0.4) is 0 Å². The number of hydrogen-bond donors (Lipinski definition) is 0. The molecule has 3 nitrogen and oxygen atoms in total. The average molecular weight is 353 g/mol. The lowest BCUT2D eigenvalue weighted by molar-refractivity contribution is -0.137. The first-order chi connectivity index (χ1) is 9.34. The largest absolute Gasteiger partial charge is 0.274 e. The Balaban J connectivity index is 2.24. The van der Waals surface area contributed by atoms with Gasteiger partial charge in [0.05, 0.1) is 0 Å². The van der Waals surface area contributed by atoms with E-state index in [9.17, 15) is 9.59 Å². The number of carbonyl (C=O) groups excluding carboxylic acids is 2. The van der Waals surface area contributed by atoms with Gasteiger partial charge < -0.3 is 0 Å². The Labute approximate surface area is 136 Å². The molecule has 0 saturated heterocycles. The van der Waals surface area contributed by atoms with Crippen molar-refractivity contribution in [2.45, 2.75) is 12.8 Å². The van der Waals surface area contributed by atoms with Crippen molar-refractivity contribution in [3.8, 4) is 0 Å². The summed E-state index contributed by atoms with van der Waals surface area (Å²) in [4.78, 5) is 24.7. The van der Waals surface area contributed by atoms with Crippen LogP contribution in [0.1, 0.15) is 18.4 Å². The maximum Gasteiger partial charge on any atom is 0.274 e. The number of benzene rings is 1. The van der Waals surface area contributed by atoms with Gasteiger partial charge in [-0.1, -0.05) is 59.4 Å². The summed E-state index contributed by atoms with van der Waals surface area (Å²) in [6.07, 6.45) is 0. The molecular weight excluding hydrogens is 344 g/mol. The van der Waals surface area contributed by atoms with Crippen LogP contribution in [0.15, 0.2) is 28.3 Å². The molecule has 1 atom stereocenters. The fourth-order valence-corrected chi connectivity index (χ4v) is 3.17. The van der Waals surface area contributed by atoms with Crippen LogP contribution in [0.5, 0.6) is 0 Å². The van der Waals surface area contributed by atoms with Gasteiger partial charge in [0.1, 0.15) is 10.1 Å². The Bertz CT molecular complexity index is 583.